The number of halogens is 1. The van der Waals surface area contributed by atoms with Gasteiger partial charge in [0.2, 0.25) is 0 Å². The van der Waals surface area contributed by atoms with Crippen LogP contribution in [0.25, 0.3) is 6.08 Å². The summed E-state index contributed by atoms with van der Waals surface area (Å²) in [6, 6.07) is 8.45. The Morgan fingerprint density at radius 2 is 1.75 bits per heavy atom. The van der Waals surface area contributed by atoms with Crippen molar-refractivity contribution >= 4 is 15.4 Å². The van der Waals surface area contributed by atoms with E-state index in [1.807, 2.05) is 0 Å². The van der Waals surface area contributed by atoms with Crippen LogP contribution in [0.2, 0.25) is 0 Å². The summed E-state index contributed by atoms with van der Waals surface area (Å²) < 4.78 is 0. The molecule has 0 fully saturated rings. The van der Waals surface area contributed by atoms with Crippen molar-refractivity contribution < 1.29 is 19.4 Å². The third-order valence-corrected chi connectivity index (χ3v) is 1.90. The van der Waals surface area contributed by atoms with Crippen LogP contribution < -0.4 is 0 Å². The van der Waals surface area contributed by atoms with Crippen LogP contribution in [0.5, 0.6) is 0 Å². The summed E-state index contributed by atoms with van der Waals surface area (Å²) in [6.45, 7) is 2.14. The van der Waals surface area contributed by atoms with Crippen molar-refractivity contribution in [3.8, 4) is 0 Å². The molecule has 0 N–H and O–H groups in total. The molecule has 2 rings (SSSR count). The summed E-state index contributed by atoms with van der Waals surface area (Å²) in [6.07, 6.45) is 4.31. The zero-order valence-corrected chi connectivity index (χ0v) is 9.16. The first-order valence-electron chi connectivity index (χ1n) is 3.68. The van der Waals surface area contributed by atoms with Crippen molar-refractivity contribution in [2.24, 2.45) is 0 Å². The number of rotatable bonds is 0. The monoisotopic (exact) mass is 212 g/mol. The fourth-order valence-corrected chi connectivity index (χ4v) is 1.31. The summed E-state index contributed by atoms with van der Waals surface area (Å²) >= 11 is 1.47. The van der Waals surface area contributed by atoms with Gasteiger partial charge in [0.1, 0.15) is 0 Å². The molecule has 1 aliphatic rings. The van der Waals surface area contributed by atoms with Gasteiger partial charge in [-0.1, -0.05) is 43.3 Å². The van der Waals surface area contributed by atoms with Gasteiger partial charge in [-0.05, 0) is 11.1 Å². The molecule has 0 amide bonds. The molecule has 1 radical (unpaired) electrons. The molecular formula is C10H9ClTi. The van der Waals surface area contributed by atoms with E-state index < -0.39 is 0 Å². The van der Waals surface area contributed by atoms with E-state index in [1.54, 1.807) is 0 Å². The van der Waals surface area contributed by atoms with E-state index in [0.29, 0.717) is 0 Å². The Morgan fingerprint density at radius 3 is 2.42 bits per heavy atom. The Bertz CT molecular complexity index is 281. The summed E-state index contributed by atoms with van der Waals surface area (Å²) in [5.41, 5.74) is 2.72. The van der Waals surface area contributed by atoms with E-state index in [4.69, 9.17) is 0 Å². The molecule has 0 aliphatic heterocycles. The molecule has 1 aliphatic carbocycles. The number of fused-ring (bicyclic) bond motifs is 1. The molecule has 0 heterocycles. The van der Waals surface area contributed by atoms with E-state index in [9.17, 15) is 0 Å². The standard InChI is InChI=1S/C10H9.ClH.Ti/c1-8-6-7-9-4-2-3-5-10(8)9;;/h2-7H,1H3;1H;/q;;+1/p-1. The van der Waals surface area contributed by atoms with E-state index >= 15 is 0 Å². The molecule has 0 saturated heterocycles. The summed E-state index contributed by atoms with van der Waals surface area (Å²) in [5.74, 6) is 1.37. The van der Waals surface area contributed by atoms with Crippen molar-refractivity contribution in [3.63, 3.8) is 0 Å². The Balaban J connectivity index is 0.000000336. The van der Waals surface area contributed by atoms with Gasteiger partial charge in [0.05, 0.1) is 0 Å². The molecule has 0 atom stereocenters. The molecule has 0 spiro atoms. The van der Waals surface area contributed by atoms with Gasteiger partial charge >= 0.3 is 28.7 Å². The third kappa shape index (κ3) is 2.01. The van der Waals surface area contributed by atoms with Crippen LogP contribution in [0.15, 0.2) is 30.3 Å². The van der Waals surface area contributed by atoms with E-state index in [1.165, 1.54) is 36.4 Å². The Labute approximate surface area is 88.9 Å². The molecule has 0 unspecified atom stereocenters. The molecule has 0 bridgehead atoms. The fraction of sp³-hybridized carbons (Fsp3) is 0.100. The minimum absolute atomic E-state index is 1.35. The van der Waals surface area contributed by atoms with Crippen molar-refractivity contribution in [2.75, 3.05) is 0 Å². The first-order chi connectivity index (χ1) is 5.88. The normalized spacial score (nSPS) is 13.4. The third-order valence-electron chi connectivity index (χ3n) is 1.90. The zero-order chi connectivity index (χ0) is 8.97. The average Bonchev–Trinajstić information content (AvgIpc) is 2.53. The van der Waals surface area contributed by atoms with Crippen LogP contribution in [-0.4, -0.2) is 0 Å². The average molecular weight is 213 g/mol. The van der Waals surface area contributed by atoms with Gasteiger partial charge in [-0.2, -0.15) is 0 Å². The van der Waals surface area contributed by atoms with Crippen LogP contribution in [-0.2, 0) is 19.4 Å². The Morgan fingerprint density at radius 1 is 1.08 bits per heavy atom. The maximum atomic E-state index is 4.64. The predicted octanol–water partition coefficient (Wildman–Crippen LogP) is 3.34. The number of allylic oxidation sites excluding steroid dienone is 1. The quantitative estimate of drug-likeness (QED) is 0.579. The predicted molar refractivity (Wildman–Crippen MR) is 49.3 cm³/mol. The van der Waals surface area contributed by atoms with Gasteiger partial charge in [-0.3, -0.25) is 0 Å². The number of hydrogen-bond donors (Lipinski definition) is 0. The Hall–Kier alpha value is -0.0357. The molecule has 60 valence electrons. The SMILES string of the molecule is C[C]1C=Cc2ccccc21.[Cl][Ti]. The molecule has 12 heavy (non-hydrogen) atoms. The number of hydrogen-bond acceptors (Lipinski definition) is 0. The van der Waals surface area contributed by atoms with Crippen LogP contribution in [0.3, 0.4) is 0 Å². The van der Waals surface area contributed by atoms with E-state index in [2.05, 4.69) is 52.6 Å². The van der Waals surface area contributed by atoms with Gasteiger partial charge in [0, 0.05) is 5.92 Å². The van der Waals surface area contributed by atoms with Crippen molar-refractivity contribution in [1.29, 1.82) is 0 Å². The van der Waals surface area contributed by atoms with Gasteiger partial charge in [-0.25, -0.2) is 0 Å². The van der Waals surface area contributed by atoms with Gasteiger partial charge < -0.3 is 0 Å². The van der Waals surface area contributed by atoms with Crippen LogP contribution in [0.1, 0.15) is 18.1 Å². The van der Waals surface area contributed by atoms with Gasteiger partial charge in [-0.15, -0.1) is 0 Å². The van der Waals surface area contributed by atoms with E-state index in [-0.39, 0.29) is 0 Å². The van der Waals surface area contributed by atoms with Crippen LogP contribution >= 0.6 is 9.30 Å². The van der Waals surface area contributed by atoms with Crippen LogP contribution in [0, 0.1) is 5.92 Å². The molecular weight excluding hydrogens is 203 g/mol. The summed E-state index contributed by atoms with van der Waals surface area (Å²) in [5, 5.41) is 0. The maximum absolute atomic E-state index is 4.64. The molecule has 0 nitrogen and oxygen atoms in total. The number of benzene rings is 1. The first-order valence-corrected chi connectivity index (χ1v) is 5.83. The molecule has 2 heteroatoms. The second-order valence-electron chi connectivity index (χ2n) is 2.60. The summed E-state index contributed by atoms with van der Waals surface area (Å²) in [7, 11) is 4.64. The molecule has 1 aromatic carbocycles. The van der Waals surface area contributed by atoms with Crippen LogP contribution in [0.4, 0.5) is 0 Å². The van der Waals surface area contributed by atoms with Crippen molar-refractivity contribution in [3.05, 3.63) is 47.4 Å². The topological polar surface area (TPSA) is 0 Å². The van der Waals surface area contributed by atoms with Gasteiger partial charge in [0.15, 0.2) is 0 Å². The second-order valence-corrected chi connectivity index (χ2v) is 2.60. The Kier molecular flexibility index (Phi) is 4.07. The van der Waals surface area contributed by atoms with Crippen molar-refractivity contribution in [1.82, 2.24) is 0 Å². The molecule has 0 saturated carbocycles. The molecule has 0 aromatic heterocycles. The first kappa shape index (κ1) is 10.0. The fourth-order valence-electron chi connectivity index (χ4n) is 1.31. The van der Waals surface area contributed by atoms with E-state index in [0.717, 1.165) is 0 Å². The summed E-state index contributed by atoms with van der Waals surface area (Å²) in [4.78, 5) is 0. The minimum atomic E-state index is 1.35. The van der Waals surface area contributed by atoms with Crippen molar-refractivity contribution in [2.45, 2.75) is 6.92 Å². The zero-order valence-electron chi connectivity index (χ0n) is 6.84. The molecule has 1 aromatic rings. The van der Waals surface area contributed by atoms with Gasteiger partial charge in [0.25, 0.3) is 0 Å². The second kappa shape index (κ2) is 4.86.